The number of nitrogens with zero attached hydrogens (tertiary/aromatic N) is 1. The van der Waals surface area contributed by atoms with Crippen LogP contribution in [0, 0.1) is 0 Å². The van der Waals surface area contributed by atoms with Gasteiger partial charge >= 0.3 is 0 Å². The van der Waals surface area contributed by atoms with Gasteiger partial charge in [0.15, 0.2) is 8.07 Å². The smallest absolute Gasteiger partial charge is 0.180 e. The van der Waals surface area contributed by atoms with Gasteiger partial charge in [0.05, 0.1) is 11.4 Å². The number of rotatable bonds is 8. The Morgan fingerprint density at radius 3 is 1.38 bits per heavy atom. The lowest BCUT2D eigenvalue weighted by molar-refractivity contribution is 1.29. The highest BCUT2D eigenvalue weighted by Crippen LogP contribution is 2.47. The van der Waals surface area contributed by atoms with Gasteiger partial charge < -0.3 is 4.90 Å². The van der Waals surface area contributed by atoms with Crippen molar-refractivity contribution >= 4 is 67.4 Å². The molecule has 11 aromatic carbocycles. The van der Waals surface area contributed by atoms with Crippen LogP contribution in [0.3, 0.4) is 0 Å². The first-order valence-electron chi connectivity index (χ1n) is 22.2. The number of hydrogen-bond acceptors (Lipinski definition) is 1. The van der Waals surface area contributed by atoms with E-state index >= 15 is 0 Å². The molecule has 1 heterocycles. The lowest BCUT2D eigenvalue weighted by Crippen LogP contribution is -2.72. The Balaban J connectivity index is 1.17. The Bertz CT molecular complexity index is 3410. The van der Waals surface area contributed by atoms with E-state index in [2.05, 4.69) is 266 Å². The summed E-state index contributed by atoms with van der Waals surface area (Å²) in [4.78, 5) is 2.53. The van der Waals surface area contributed by atoms with Crippen LogP contribution in [0.2, 0.25) is 0 Å². The third-order valence-corrected chi connectivity index (χ3v) is 18.1. The predicted octanol–water partition coefficient (Wildman–Crippen LogP) is 13.8. The molecule has 12 rings (SSSR count). The molecule has 0 bridgehead atoms. The summed E-state index contributed by atoms with van der Waals surface area (Å²) < 4.78 is 0. The average molecular weight is 830 g/mol. The molecule has 0 saturated carbocycles. The molecule has 1 nitrogen and oxygen atoms in total. The zero-order chi connectivity index (χ0) is 42.5. The van der Waals surface area contributed by atoms with Crippen LogP contribution in [0.25, 0.3) is 66.1 Å². The molecule has 2 heteroatoms. The second-order valence-corrected chi connectivity index (χ2v) is 20.6. The maximum absolute atomic E-state index is 2.95. The van der Waals surface area contributed by atoms with Gasteiger partial charge in [-0.3, -0.25) is 0 Å². The van der Waals surface area contributed by atoms with Crippen LogP contribution in [-0.2, 0) is 0 Å². The van der Waals surface area contributed by atoms with Gasteiger partial charge in [0.25, 0.3) is 0 Å². The molecule has 0 aromatic heterocycles. The van der Waals surface area contributed by atoms with Crippen LogP contribution in [0.4, 0.5) is 17.1 Å². The minimum absolute atomic E-state index is 1.10. The maximum Gasteiger partial charge on any atom is 0.180 e. The van der Waals surface area contributed by atoms with E-state index in [1.165, 1.54) is 86.8 Å². The van der Waals surface area contributed by atoms with Crippen molar-refractivity contribution in [1.82, 2.24) is 0 Å². The van der Waals surface area contributed by atoms with Crippen LogP contribution in [-0.4, -0.2) is 8.07 Å². The van der Waals surface area contributed by atoms with E-state index in [9.17, 15) is 0 Å². The third kappa shape index (κ3) is 6.22. The zero-order valence-electron chi connectivity index (χ0n) is 35.3. The molecule has 0 aliphatic carbocycles. The van der Waals surface area contributed by atoms with Crippen molar-refractivity contribution in [3.05, 3.63) is 261 Å². The van der Waals surface area contributed by atoms with Crippen molar-refractivity contribution in [2.75, 3.05) is 4.90 Å². The quantitative estimate of drug-likeness (QED) is 0.138. The fourth-order valence-electron chi connectivity index (χ4n) is 10.4. The molecule has 11 aromatic rings. The van der Waals surface area contributed by atoms with Crippen LogP contribution in [0.1, 0.15) is 0 Å². The van der Waals surface area contributed by atoms with E-state index in [0.29, 0.717) is 0 Å². The first kappa shape index (κ1) is 37.7. The van der Waals surface area contributed by atoms with E-state index < -0.39 is 8.07 Å². The Hall–Kier alpha value is -8.04. The van der Waals surface area contributed by atoms with Gasteiger partial charge in [0, 0.05) is 16.8 Å². The summed E-state index contributed by atoms with van der Waals surface area (Å²) in [5.74, 6) is 0. The van der Waals surface area contributed by atoms with Crippen molar-refractivity contribution in [2.24, 2.45) is 0 Å². The largest absolute Gasteiger partial charge is 0.309 e. The van der Waals surface area contributed by atoms with Crippen molar-refractivity contribution in [3.8, 4) is 44.5 Å². The van der Waals surface area contributed by atoms with Gasteiger partial charge in [-0.05, 0) is 106 Å². The molecule has 0 saturated heterocycles. The molecular formula is C62H43NSi. The van der Waals surface area contributed by atoms with Crippen LogP contribution < -0.4 is 25.6 Å². The number of benzene rings is 11. The van der Waals surface area contributed by atoms with Gasteiger partial charge in [-0.25, -0.2) is 0 Å². The molecular weight excluding hydrogens is 787 g/mol. The summed E-state index contributed by atoms with van der Waals surface area (Å²) in [6.45, 7) is 0. The Kier molecular flexibility index (Phi) is 9.25. The Morgan fingerprint density at radius 1 is 0.266 bits per heavy atom. The van der Waals surface area contributed by atoms with Crippen LogP contribution in [0.5, 0.6) is 0 Å². The molecule has 0 amide bonds. The highest BCUT2D eigenvalue weighted by molar-refractivity contribution is 7.22. The fraction of sp³-hybridized carbons (Fsp3) is 0. The first-order chi connectivity index (χ1) is 31.7. The van der Waals surface area contributed by atoms with Gasteiger partial charge in [0.2, 0.25) is 0 Å². The van der Waals surface area contributed by atoms with Crippen LogP contribution >= 0.6 is 0 Å². The minimum atomic E-state index is -2.95. The normalized spacial score (nSPS) is 12.5. The van der Waals surface area contributed by atoms with E-state index in [-0.39, 0.29) is 0 Å². The lowest BCUT2D eigenvalue weighted by atomic mass is 9.95. The molecule has 0 atom stereocenters. The Morgan fingerprint density at radius 2 is 0.750 bits per heavy atom. The van der Waals surface area contributed by atoms with Crippen molar-refractivity contribution in [2.45, 2.75) is 0 Å². The molecule has 0 spiro atoms. The summed E-state index contributed by atoms with van der Waals surface area (Å²) in [5.41, 5.74) is 13.1. The lowest BCUT2D eigenvalue weighted by Gasteiger charge is -2.33. The van der Waals surface area contributed by atoms with Crippen molar-refractivity contribution in [3.63, 3.8) is 0 Å². The fourth-order valence-corrected chi connectivity index (χ4v) is 15.6. The molecule has 1 aliphatic heterocycles. The van der Waals surface area contributed by atoms with E-state index in [0.717, 1.165) is 17.1 Å². The summed E-state index contributed by atoms with van der Waals surface area (Å²) in [6.07, 6.45) is 0. The first-order valence-corrected chi connectivity index (χ1v) is 24.2. The van der Waals surface area contributed by atoms with E-state index in [1.807, 2.05) is 0 Å². The topological polar surface area (TPSA) is 3.24 Å². The average Bonchev–Trinajstić information content (AvgIpc) is 3.69. The SMILES string of the molecule is c1ccc(-c2ccc(N(c3ccc(-c4ccccc4)cc3-c3ccccc3)c3cccc4c3-c3ccccc3[Si]4(c3ccc4ccccc4c3)c3ccc4ccccc4c3)cc2)cc1. The monoisotopic (exact) mass is 829 g/mol. The molecule has 300 valence electrons. The second-order valence-electron chi connectivity index (χ2n) is 16.8. The van der Waals surface area contributed by atoms with Gasteiger partial charge in [-0.1, -0.05) is 231 Å². The van der Waals surface area contributed by atoms with Crippen LogP contribution in [0.15, 0.2) is 261 Å². The molecule has 64 heavy (non-hydrogen) atoms. The molecule has 1 aliphatic rings. The number of anilines is 3. The van der Waals surface area contributed by atoms with Crippen molar-refractivity contribution in [1.29, 1.82) is 0 Å². The highest BCUT2D eigenvalue weighted by Gasteiger charge is 2.50. The number of hydrogen-bond donors (Lipinski definition) is 0. The van der Waals surface area contributed by atoms with Gasteiger partial charge in [0.1, 0.15) is 0 Å². The summed E-state index contributed by atoms with van der Waals surface area (Å²) >= 11 is 0. The van der Waals surface area contributed by atoms with Gasteiger partial charge in [-0.15, -0.1) is 0 Å². The minimum Gasteiger partial charge on any atom is -0.309 e. The summed E-state index contributed by atoms with van der Waals surface area (Å²) in [7, 11) is -2.95. The van der Waals surface area contributed by atoms with Gasteiger partial charge in [-0.2, -0.15) is 0 Å². The third-order valence-electron chi connectivity index (χ3n) is 13.3. The summed E-state index contributed by atoms with van der Waals surface area (Å²) in [6, 6.07) is 97.0. The Labute approximate surface area is 375 Å². The zero-order valence-corrected chi connectivity index (χ0v) is 36.3. The van der Waals surface area contributed by atoms with E-state index in [4.69, 9.17) is 0 Å². The molecule has 0 fully saturated rings. The molecule has 0 N–H and O–H groups in total. The summed E-state index contributed by atoms with van der Waals surface area (Å²) in [5, 5.41) is 10.6. The highest BCUT2D eigenvalue weighted by atomic mass is 28.3. The molecule has 0 radical (unpaired) electrons. The van der Waals surface area contributed by atoms with Crippen molar-refractivity contribution < 1.29 is 0 Å². The maximum atomic E-state index is 2.53. The second kappa shape index (κ2) is 15.7. The van der Waals surface area contributed by atoms with E-state index in [1.54, 1.807) is 0 Å². The standard InChI is InChI=1S/C62H43NSi/c1-4-17-44(18-5-1)48-31-36-53(37-32-48)63(58-40-35-52(45-19-6-2-7-20-45)43-57(58)49-23-8-3-9-24-49)59-28-16-30-61-62(59)56-27-14-15-29-60(56)64(61,54-38-33-46-21-10-12-25-50(46)41-54)55-39-34-47-22-11-13-26-51(47)42-55/h1-43H. The number of fused-ring (bicyclic) bond motifs is 5. The molecule has 0 unspecified atom stereocenters. The predicted molar refractivity (Wildman–Crippen MR) is 275 cm³/mol.